The Morgan fingerprint density at radius 1 is 1.42 bits per heavy atom. The topological polar surface area (TPSA) is 61.8 Å². The van der Waals surface area contributed by atoms with Crippen LogP contribution in [0.4, 0.5) is 0 Å². The molecule has 5 heteroatoms. The van der Waals surface area contributed by atoms with Crippen molar-refractivity contribution in [2.75, 3.05) is 26.2 Å². The summed E-state index contributed by atoms with van der Waals surface area (Å²) < 4.78 is 5.74. The highest BCUT2D eigenvalue weighted by molar-refractivity contribution is 5.69. The normalized spacial score (nSPS) is 21.7. The fourth-order valence-corrected chi connectivity index (χ4v) is 2.89. The first kappa shape index (κ1) is 12.4. The van der Waals surface area contributed by atoms with E-state index in [1.54, 1.807) is 0 Å². The fraction of sp³-hybridized carbons (Fsp3) is 0.500. The van der Waals surface area contributed by atoms with Crippen LogP contribution >= 0.6 is 0 Å². The number of ether oxygens (including phenoxy) is 1. The van der Waals surface area contributed by atoms with Crippen molar-refractivity contribution in [2.24, 2.45) is 0 Å². The van der Waals surface area contributed by atoms with Crippen LogP contribution in [0.1, 0.15) is 12.0 Å². The van der Waals surface area contributed by atoms with Crippen molar-refractivity contribution in [3.8, 4) is 5.75 Å². The molecule has 2 aliphatic rings. The summed E-state index contributed by atoms with van der Waals surface area (Å²) >= 11 is 0. The lowest BCUT2D eigenvalue weighted by atomic mass is 9.86. The first-order chi connectivity index (χ1) is 9.20. The molecule has 0 atom stereocenters. The van der Waals surface area contributed by atoms with E-state index in [2.05, 4.69) is 10.2 Å². The van der Waals surface area contributed by atoms with E-state index in [1.807, 2.05) is 24.3 Å². The van der Waals surface area contributed by atoms with E-state index in [4.69, 9.17) is 9.84 Å². The van der Waals surface area contributed by atoms with Crippen molar-refractivity contribution in [1.82, 2.24) is 10.2 Å². The summed E-state index contributed by atoms with van der Waals surface area (Å²) in [5.41, 5.74) is 0.879. The molecule has 0 aromatic heterocycles. The minimum atomic E-state index is -0.736. The standard InChI is InChI=1S/C14H18N2O3/c17-13(18)7-14(9-15-10-14)16-5-6-19-12-4-2-1-3-11(12)8-16/h1-4,15H,5-10H2,(H,17,18). The fourth-order valence-electron chi connectivity index (χ4n) is 2.89. The molecule has 0 spiro atoms. The van der Waals surface area contributed by atoms with Gasteiger partial charge in [-0.1, -0.05) is 18.2 Å². The van der Waals surface area contributed by atoms with Gasteiger partial charge in [-0.2, -0.15) is 0 Å². The first-order valence-electron chi connectivity index (χ1n) is 6.58. The van der Waals surface area contributed by atoms with Gasteiger partial charge in [-0.15, -0.1) is 0 Å². The van der Waals surface area contributed by atoms with Crippen molar-refractivity contribution < 1.29 is 14.6 Å². The molecule has 2 aliphatic heterocycles. The second-order valence-corrected chi connectivity index (χ2v) is 5.28. The SMILES string of the molecule is O=C(O)CC1(N2CCOc3ccccc3C2)CNC1. The number of rotatable bonds is 3. The molecule has 2 heterocycles. The van der Waals surface area contributed by atoms with E-state index in [9.17, 15) is 4.79 Å². The molecule has 102 valence electrons. The minimum absolute atomic E-state index is 0.183. The molecule has 0 aliphatic carbocycles. The Bertz CT molecular complexity index is 485. The Morgan fingerprint density at radius 3 is 2.89 bits per heavy atom. The van der Waals surface area contributed by atoms with Gasteiger partial charge in [-0.05, 0) is 6.07 Å². The molecule has 1 fully saturated rings. The average Bonchev–Trinajstić information content (AvgIpc) is 2.55. The third-order valence-corrected chi connectivity index (χ3v) is 4.01. The van der Waals surface area contributed by atoms with Crippen molar-refractivity contribution in [1.29, 1.82) is 0 Å². The lowest BCUT2D eigenvalue weighted by Crippen LogP contribution is -2.69. The molecular weight excluding hydrogens is 244 g/mol. The maximum atomic E-state index is 11.1. The molecule has 0 saturated carbocycles. The summed E-state index contributed by atoms with van der Waals surface area (Å²) in [6, 6.07) is 7.98. The number of hydrogen-bond acceptors (Lipinski definition) is 4. The van der Waals surface area contributed by atoms with Gasteiger partial charge in [0.2, 0.25) is 0 Å². The quantitative estimate of drug-likeness (QED) is 0.839. The van der Waals surface area contributed by atoms with Crippen LogP contribution in [0, 0.1) is 0 Å². The zero-order valence-corrected chi connectivity index (χ0v) is 10.8. The van der Waals surface area contributed by atoms with Gasteiger partial charge in [0.1, 0.15) is 12.4 Å². The van der Waals surface area contributed by atoms with Crippen molar-refractivity contribution in [3.05, 3.63) is 29.8 Å². The third-order valence-electron chi connectivity index (χ3n) is 4.01. The van der Waals surface area contributed by atoms with Gasteiger partial charge in [0.05, 0.1) is 12.0 Å². The van der Waals surface area contributed by atoms with Gasteiger partial charge in [0.15, 0.2) is 0 Å². The highest BCUT2D eigenvalue weighted by Gasteiger charge is 2.44. The molecular formula is C14H18N2O3. The molecule has 2 N–H and O–H groups in total. The van der Waals surface area contributed by atoms with Crippen LogP contribution in [0.25, 0.3) is 0 Å². The second-order valence-electron chi connectivity index (χ2n) is 5.28. The van der Waals surface area contributed by atoms with Crippen LogP contribution in [0.5, 0.6) is 5.75 Å². The largest absolute Gasteiger partial charge is 0.492 e. The van der Waals surface area contributed by atoms with E-state index in [0.717, 1.165) is 37.5 Å². The minimum Gasteiger partial charge on any atom is -0.492 e. The Morgan fingerprint density at radius 2 is 2.21 bits per heavy atom. The summed E-state index contributed by atoms with van der Waals surface area (Å²) in [6.07, 6.45) is 0.183. The summed E-state index contributed by atoms with van der Waals surface area (Å²) in [5, 5.41) is 12.3. The van der Waals surface area contributed by atoms with Crippen LogP contribution in [-0.2, 0) is 11.3 Å². The van der Waals surface area contributed by atoms with Gasteiger partial charge < -0.3 is 15.2 Å². The van der Waals surface area contributed by atoms with Crippen LogP contribution < -0.4 is 10.1 Å². The predicted octanol–water partition coefficient (Wildman–Crippen LogP) is 0.698. The summed E-state index contributed by atoms with van der Waals surface area (Å²) in [6.45, 7) is 3.61. The van der Waals surface area contributed by atoms with Gasteiger partial charge in [0, 0.05) is 31.7 Å². The second kappa shape index (κ2) is 4.83. The average molecular weight is 262 g/mol. The molecule has 0 unspecified atom stereocenters. The van der Waals surface area contributed by atoms with Crippen LogP contribution in [0.3, 0.4) is 0 Å². The smallest absolute Gasteiger partial charge is 0.305 e. The maximum Gasteiger partial charge on any atom is 0.305 e. The number of carboxylic acid groups (broad SMARTS) is 1. The number of nitrogens with zero attached hydrogens (tertiary/aromatic N) is 1. The highest BCUT2D eigenvalue weighted by atomic mass is 16.5. The lowest BCUT2D eigenvalue weighted by molar-refractivity contribution is -0.142. The third kappa shape index (κ3) is 2.31. The van der Waals surface area contributed by atoms with Crippen LogP contribution in [0.2, 0.25) is 0 Å². The van der Waals surface area contributed by atoms with E-state index < -0.39 is 5.97 Å². The Hall–Kier alpha value is -1.59. The number of carboxylic acids is 1. The summed E-state index contributed by atoms with van der Waals surface area (Å²) in [7, 11) is 0. The van der Waals surface area contributed by atoms with Gasteiger partial charge >= 0.3 is 5.97 Å². The molecule has 3 rings (SSSR count). The highest BCUT2D eigenvalue weighted by Crippen LogP contribution is 2.31. The summed E-state index contributed by atoms with van der Waals surface area (Å²) in [4.78, 5) is 13.3. The zero-order valence-electron chi connectivity index (χ0n) is 10.8. The molecule has 0 amide bonds. The predicted molar refractivity (Wildman–Crippen MR) is 70.2 cm³/mol. The van der Waals surface area contributed by atoms with E-state index in [0.29, 0.717) is 6.61 Å². The van der Waals surface area contributed by atoms with Crippen LogP contribution in [0.15, 0.2) is 24.3 Å². The molecule has 1 aromatic rings. The number of hydrogen-bond donors (Lipinski definition) is 2. The Balaban J connectivity index is 1.83. The Labute approximate surface area is 112 Å². The molecule has 19 heavy (non-hydrogen) atoms. The zero-order chi connectivity index (χ0) is 13.3. The molecule has 1 aromatic carbocycles. The van der Waals surface area contributed by atoms with Crippen molar-refractivity contribution in [3.63, 3.8) is 0 Å². The van der Waals surface area contributed by atoms with E-state index in [-0.39, 0.29) is 12.0 Å². The number of aliphatic carboxylic acids is 1. The number of carbonyl (C=O) groups is 1. The number of nitrogens with one attached hydrogen (secondary N) is 1. The van der Waals surface area contributed by atoms with Crippen molar-refractivity contribution >= 4 is 5.97 Å². The molecule has 5 nitrogen and oxygen atoms in total. The monoisotopic (exact) mass is 262 g/mol. The number of fused-ring (bicyclic) bond motifs is 1. The van der Waals surface area contributed by atoms with Crippen molar-refractivity contribution in [2.45, 2.75) is 18.5 Å². The van der Waals surface area contributed by atoms with E-state index in [1.165, 1.54) is 0 Å². The molecule has 0 radical (unpaired) electrons. The molecule has 1 saturated heterocycles. The van der Waals surface area contributed by atoms with Crippen LogP contribution in [-0.4, -0.2) is 47.8 Å². The van der Waals surface area contributed by atoms with Gasteiger partial charge in [-0.25, -0.2) is 0 Å². The van der Waals surface area contributed by atoms with E-state index >= 15 is 0 Å². The number of para-hydroxylation sites is 1. The maximum absolute atomic E-state index is 11.1. The van der Waals surface area contributed by atoms with Gasteiger partial charge in [-0.3, -0.25) is 9.69 Å². The number of benzene rings is 1. The summed E-state index contributed by atoms with van der Waals surface area (Å²) in [5.74, 6) is 0.183. The Kier molecular flexibility index (Phi) is 3.16. The van der Waals surface area contributed by atoms with Gasteiger partial charge in [0.25, 0.3) is 0 Å². The first-order valence-corrected chi connectivity index (χ1v) is 6.58. The molecule has 0 bridgehead atoms. The lowest BCUT2D eigenvalue weighted by Gasteiger charge is -2.49.